The lowest BCUT2D eigenvalue weighted by Gasteiger charge is -2.08. The fourth-order valence-corrected chi connectivity index (χ4v) is 2.24. The summed E-state index contributed by atoms with van der Waals surface area (Å²) in [4.78, 5) is 12.7. The lowest BCUT2D eigenvalue weighted by molar-refractivity contribution is 0.396. The molecule has 3 rings (SSSR count). The van der Waals surface area contributed by atoms with E-state index in [1.54, 1.807) is 12.5 Å². The van der Waals surface area contributed by atoms with Crippen molar-refractivity contribution >= 4 is 22.8 Å². The van der Waals surface area contributed by atoms with E-state index in [0.717, 1.165) is 25.1 Å². The zero-order valence-corrected chi connectivity index (χ0v) is 13.3. The van der Waals surface area contributed by atoms with Gasteiger partial charge in [-0.05, 0) is 12.3 Å². The molecular formula is C16H17F2N5O. The molecule has 24 heavy (non-hydrogen) atoms. The molecule has 0 atom stereocenters. The summed E-state index contributed by atoms with van der Waals surface area (Å²) in [6.07, 6.45) is 4.22. The summed E-state index contributed by atoms with van der Waals surface area (Å²) in [7, 11) is 0. The fraction of sp³-hybridized carbons (Fsp3) is 0.312. The van der Waals surface area contributed by atoms with Crippen molar-refractivity contribution in [2.24, 2.45) is 5.92 Å². The number of anilines is 2. The summed E-state index contributed by atoms with van der Waals surface area (Å²) in [5.74, 6) is -2.38. The number of benzene rings is 1. The topological polar surface area (TPSA) is 75.9 Å². The van der Waals surface area contributed by atoms with Gasteiger partial charge in [-0.3, -0.25) is 0 Å². The Bertz CT molecular complexity index is 855. The van der Waals surface area contributed by atoms with Crippen LogP contribution in [0.4, 0.5) is 20.4 Å². The molecule has 2 aromatic heterocycles. The first kappa shape index (κ1) is 16.1. The number of hydrogen-bond donors (Lipinski definition) is 2. The molecule has 0 saturated heterocycles. The van der Waals surface area contributed by atoms with Crippen molar-refractivity contribution in [2.45, 2.75) is 26.8 Å². The summed E-state index contributed by atoms with van der Waals surface area (Å²) in [6, 6.07) is 1.95. The van der Waals surface area contributed by atoms with Crippen molar-refractivity contribution in [1.82, 2.24) is 19.5 Å². The van der Waals surface area contributed by atoms with Crippen molar-refractivity contribution in [3.63, 3.8) is 0 Å². The molecule has 0 spiro atoms. The minimum Gasteiger partial charge on any atom is -0.503 e. The van der Waals surface area contributed by atoms with E-state index >= 15 is 0 Å². The quantitative estimate of drug-likeness (QED) is 0.698. The highest BCUT2D eigenvalue weighted by molar-refractivity contribution is 5.71. The van der Waals surface area contributed by atoms with Crippen molar-refractivity contribution in [3.05, 3.63) is 36.3 Å². The number of fused-ring (bicyclic) bond motifs is 1. The molecule has 2 heterocycles. The number of phenols is 1. The SMILES string of the molecule is CC(C)CCn1cnc2cnc(Nc3cc(F)c(O)c(F)c3)nc21. The third-order valence-corrected chi connectivity index (χ3v) is 3.58. The van der Waals surface area contributed by atoms with Gasteiger partial charge in [0.15, 0.2) is 23.0 Å². The Labute approximate surface area is 137 Å². The van der Waals surface area contributed by atoms with E-state index in [9.17, 15) is 8.78 Å². The van der Waals surface area contributed by atoms with E-state index in [1.165, 1.54) is 0 Å². The average molecular weight is 333 g/mol. The monoisotopic (exact) mass is 333 g/mol. The number of hydrogen-bond acceptors (Lipinski definition) is 5. The number of aryl methyl sites for hydroxylation is 1. The molecule has 2 N–H and O–H groups in total. The van der Waals surface area contributed by atoms with Crippen LogP contribution in [0.15, 0.2) is 24.7 Å². The maximum Gasteiger partial charge on any atom is 0.229 e. The number of imidazole rings is 1. The van der Waals surface area contributed by atoms with Gasteiger partial charge in [0, 0.05) is 24.4 Å². The zero-order valence-electron chi connectivity index (χ0n) is 13.3. The second-order valence-corrected chi connectivity index (χ2v) is 5.94. The maximum atomic E-state index is 13.4. The Morgan fingerprint density at radius 1 is 1.21 bits per heavy atom. The summed E-state index contributed by atoms with van der Waals surface area (Å²) in [5, 5.41) is 11.9. The van der Waals surface area contributed by atoms with Gasteiger partial charge in [-0.2, -0.15) is 4.98 Å². The molecule has 0 saturated carbocycles. The van der Waals surface area contributed by atoms with Crippen molar-refractivity contribution in [1.29, 1.82) is 0 Å². The van der Waals surface area contributed by atoms with Gasteiger partial charge in [-0.15, -0.1) is 0 Å². The highest BCUT2D eigenvalue weighted by Crippen LogP contribution is 2.25. The van der Waals surface area contributed by atoms with Crippen LogP contribution in [0.3, 0.4) is 0 Å². The van der Waals surface area contributed by atoms with Crippen LogP contribution < -0.4 is 5.32 Å². The first-order valence-corrected chi connectivity index (χ1v) is 7.57. The van der Waals surface area contributed by atoms with Crippen LogP contribution in [0, 0.1) is 17.6 Å². The van der Waals surface area contributed by atoms with Crippen molar-refractivity contribution in [2.75, 3.05) is 5.32 Å². The largest absolute Gasteiger partial charge is 0.503 e. The van der Waals surface area contributed by atoms with Gasteiger partial charge in [0.2, 0.25) is 5.95 Å². The molecular weight excluding hydrogens is 316 g/mol. The average Bonchev–Trinajstić information content (AvgIpc) is 2.93. The van der Waals surface area contributed by atoms with Crippen LogP contribution >= 0.6 is 0 Å². The molecule has 1 aromatic carbocycles. The zero-order chi connectivity index (χ0) is 17.3. The Hall–Kier alpha value is -2.77. The summed E-state index contributed by atoms with van der Waals surface area (Å²) in [6.45, 7) is 5.04. The van der Waals surface area contributed by atoms with Crippen LogP contribution in [0.25, 0.3) is 11.2 Å². The van der Waals surface area contributed by atoms with Gasteiger partial charge in [0.05, 0.1) is 12.5 Å². The lowest BCUT2D eigenvalue weighted by atomic mass is 10.1. The fourth-order valence-electron chi connectivity index (χ4n) is 2.24. The number of aromatic nitrogens is 4. The van der Waals surface area contributed by atoms with Gasteiger partial charge in [0.25, 0.3) is 0 Å². The number of nitrogens with one attached hydrogen (secondary N) is 1. The first-order chi connectivity index (χ1) is 11.4. The molecule has 0 aliphatic heterocycles. The van der Waals surface area contributed by atoms with Gasteiger partial charge in [-0.25, -0.2) is 18.7 Å². The highest BCUT2D eigenvalue weighted by Gasteiger charge is 2.12. The Kier molecular flexibility index (Phi) is 4.28. The van der Waals surface area contributed by atoms with E-state index in [1.807, 2.05) is 4.57 Å². The summed E-state index contributed by atoms with van der Waals surface area (Å²) >= 11 is 0. The first-order valence-electron chi connectivity index (χ1n) is 7.57. The van der Waals surface area contributed by atoms with E-state index in [4.69, 9.17) is 5.11 Å². The second kappa shape index (κ2) is 6.38. The molecule has 6 nitrogen and oxygen atoms in total. The molecule has 0 radical (unpaired) electrons. The molecule has 0 amide bonds. The Morgan fingerprint density at radius 2 is 1.92 bits per heavy atom. The number of nitrogens with zero attached hydrogens (tertiary/aromatic N) is 4. The third kappa shape index (κ3) is 3.27. The van der Waals surface area contributed by atoms with E-state index in [0.29, 0.717) is 17.1 Å². The Morgan fingerprint density at radius 3 is 2.58 bits per heavy atom. The minimum absolute atomic E-state index is 0.107. The predicted molar refractivity (Wildman–Crippen MR) is 86.1 cm³/mol. The smallest absolute Gasteiger partial charge is 0.229 e. The summed E-state index contributed by atoms with van der Waals surface area (Å²) in [5.41, 5.74) is 1.40. The van der Waals surface area contributed by atoms with E-state index in [2.05, 4.69) is 34.1 Å². The van der Waals surface area contributed by atoms with Crippen LogP contribution in [0.5, 0.6) is 5.75 Å². The number of phenolic OH excluding ortho intramolecular Hbond substituents is 1. The predicted octanol–water partition coefficient (Wildman–Crippen LogP) is 3.60. The van der Waals surface area contributed by atoms with Gasteiger partial charge < -0.3 is 15.0 Å². The third-order valence-electron chi connectivity index (χ3n) is 3.58. The normalized spacial score (nSPS) is 11.4. The van der Waals surface area contributed by atoms with Gasteiger partial charge in [-0.1, -0.05) is 13.8 Å². The molecule has 0 unspecified atom stereocenters. The standard InChI is InChI=1S/C16H17F2N5O/c1-9(2)3-4-23-8-20-13-7-19-16(22-15(13)23)21-10-5-11(17)14(24)12(18)6-10/h5-9,24H,3-4H2,1-2H3,(H,19,21,22). The number of rotatable bonds is 5. The molecule has 8 heteroatoms. The summed E-state index contributed by atoms with van der Waals surface area (Å²) < 4.78 is 28.7. The van der Waals surface area contributed by atoms with Gasteiger partial charge in [0.1, 0.15) is 5.52 Å². The second-order valence-electron chi connectivity index (χ2n) is 5.94. The van der Waals surface area contributed by atoms with E-state index < -0.39 is 17.4 Å². The van der Waals surface area contributed by atoms with Gasteiger partial charge >= 0.3 is 0 Å². The molecule has 0 bridgehead atoms. The van der Waals surface area contributed by atoms with Crippen LogP contribution in [-0.2, 0) is 6.54 Å². The number of aromatic hydroxyl groups is 1. The molecule has 0 aliphatic rings. The molecule has 0 fully saturated rings. The van der Waals surface area contributed by atoms with Crippen LogP contribution in [0.2, 0.25) is 0 Å². The lowest BCUT2D eigenvalue weighted by Crippen LogP contribution is -2.03. The highest BCUT2D eigenvalue weighted by atomic mass is 19.1. The molecule has 3 aromatic rings. The Balaban J connectivity index is 1.88. The molecule has 126 valence electrons. The van der Waals surface area contributed by atoms with E-state index in [-0.39, 0.29) is 11.6 Å². The van der Waals surface area contributed by atoms with Crippen LogP contribution in [0.1, 0.15) is 20.3 Å². The number of halogens is 2. The van der Waals surface area contributed by atoms with Crippen molar-refractivity contribution < 1.29 is 13.9 Å². The molecule has 0 aliphatic carbocycles. The van der Waals surface area contributed by atoms with Crippen molar-refractivity contribution in [3.8, 4) is 5.75 Å². The maximum absolute atomic E-state index is 13.4. The minimum atomic E-state index is -1.06. The van der Waals surface area contributed by atoms with Crippen LogP contribution in [-0.4, -0.2) is 24.6 Å².